The summed E-state index contributed by atoms with van der Waals surface area (Å²) in [6, 6.07) is 7.75. The smallest absolute Gasteiger partial charge is 0.475 e. The summed E-state index contributed by atoms with van der Waals surface area (Å²) in [6.07, 6.45) is 3.29. The van der Waals surface area contributed by atoms with Crippen LogP contribution in [0.2, 0.25) is 0 Å². The van der Waals surface area contributed by atoms with E-state index in [2.05, 4.69) is 5.32 Å². The molecule has 0 spiro atoms. The third-order valence-corrected chi connectivity index (χ3v) is 5.47. The Morgan fingerprint density at radius 3 is 2.88 bits per heavy atom. The van der Waals surface area contributed by atoms with E-state index in [1.165, 1.54) is 0 Å². The highest BCUT2D eigenvalue weighted by Crippen LogP contribution is 2.39. The van der Waals surface area contributed by atoms with Crippen LogP contribution in [0.4, 0.5) is 0 Å². The van der Waals surface area contributed by atoms with Gasteiger partial charge >= 0.3 is 7.12 Å². The largest absolute Gasteiger partial charge is 0.493 e. The molecule has 1 amide bonds. The second-order valence-electron chi connectivity index (χ2n) is 7.03. The molecule has 0 radical (unpaired) electrons. The van der Waals surface area contributed by atoms with E-state index in [9.17, 15) is 14.8 Å². The number of carbonyl (C=O) groups excluding carboxylic acids is 1. The minimum absolute atomic E-state index is 0.0120. The fraction of sp³-hybridized carbons (Fsp3) is 0.588. The van der Waals surface area contributed by atoms with Gasteiger partial charge in [-0.15, -0.1) is 0 Å². The first-order chi connectivity index (χ1) is 11.6. The van der Waals surface area contributed by atoms with Gasteiger partial charge in [0, 0.05) is 11.5 Å². The average Bonchev–Trinajstić information content (AvgIpc) is 3.29. The van der Waals surface area contributed by atoms with Crippen LogP contribution in [0.15, 0.2) is 24.3 Å². The molecule has 7 heteroatoms. The van der Waals surface area contributed by atoms with Crippen molar-refractivity contribution in [3.05, 3.63) is 29.8 Å². The van der Waals surface area contributed by atoms with Gasteiger partial charge in [-0.3, -0.25) is 4.79 Å². The first-order valence-corrected chi connectivity index (χ1v) is 8.65. The molecule has 3 heterocycles. The number of rotatable bonds is 5. The highest BCUT2D eigenvalue weighted by Gasteiger charge is 2.45. The molecule has 0 saturated carbocycles. The normalized spacial score (nSPS) is 31.4. The maximum absolute atomic E-state index is 12.5. The number of ether oxygens (including phenoxy) is 2. The van der Waals surface area contributed by atoms with Gasteiger partial charge < -0.3 is 24.8 Å². The molecular formula is C17H22BNO5. The van der Waals surface area contributed by atoms with E-state index in [0.29, 0.717) is 13.0 Å². The zero-order valence-corrected chi connectivity index (χ0v) is 13.4. The number of fused-ring (bicyclic) bond motifs is 3. The monoisotopic (exact) mass is 331 g/mol. The van der Waals surface area contributed by atoms with Crippen LogP contribution in [0.1, 0.15) is 37.2 Å². The summed E-state index contributed by atoms with van der Waals surface area (Å²) in [5.74, 6) is -0.132. The molecular weight excluding hydrogens is 309 g/mol. The van der Waals surface area contributed by atoms with E-state index in [4.69, 9.17) is 9.47 Å². The van der Waals surface area contributed by atoms with Crippen LogP contribution in [0.25, 0.3) is 0 Å². The molecule has 4 rings (SSSR count). The zero-order chi connectivity index (χ0) is 16.7. The number of amides is 1. The molecule has 2 fully saturated rings. The minimum Gasteiger partial charge on any atom is -0.493 e. The van der Waals surface area contributed by atoms with Crippen LogP contribution < -0.4 is 10.1 Å². The Morgan fingerprint density at radius 2 is 2.17 bits per heavy atom. The lowest BCUT2D eigenvalue weighted by Crippen LogP contribution is -2.50. The lowest BCUT2D eigenvalue weighted by Gasteiger charge is -2.24. The third-order valence-electron chi connectivity index (χ3n) is 5.47. The maximum atomic E-state index is 12.5. The molecule has 3 aliphatic rings. The highest BCUT2D eigenvalue weighted by atomic mass is 16.5. The molecule has 2 saturated heterocycles. The molecule has 2 bridgehead atoms. The van der Waals surface area contributed by atoms with E-state index in [-0.39, 0.29) is 30.0 Å². The fourth-order valence-corrected chi connectivity index (χ4v) is 4.19. The molecule has 3 N–H and O–H groups in total. The number of hydrogen-bond acceptors (Lipinski definition) is 5. The lowest BCUT2D eigenvalue weighted by molar-refractivity contribution is -0.127. The standard InChI is InChI=1S/C17H22BNO5/c20-17(13-8-11-5-6-15(13)24-11)19-16(18(21)22)7-10-9-23-14-4-2-1-3-12(10)14/h1-4,10-11,13,15-16,21-22H,5-9H2,(H,19,20)/t10-,11-,13+,15+,16?/m0/s1. The Balaban J connectivity index is 1.41. The maximum Gasteiger partial charge on any atom is 0.475 e. The number of carbonyl (C=O) groups is 1. The van der Waals surface area contributed by atoms with Gasteiger partial charge in [-0.05, 0) is 31.7 Å². The summed E-state index contributed by atoms with van der Waals surface area (Å²) in [6.45, 7) is 0.496. The first kappa shape index (κ1) is 15.9. The molecule has 5 atom stereocenters. The minimum atomic E-state index is -1.60. The van der Waals surface area contributed by atoms with Crippen molar-refractivity contribution in [2.45, 2.75) is 49.8 Å². The summed E-state index contributed by atoms with van der Waals surface area (Å²) in [5.41, 5.74) is 1.06. The molecule has 6 nitrogen and oxygen atoms in total. The van der Waals surface area contributed by atoms with Crippen molar-refractivity contribution in [2.24, 2.45) is 5.92 Å². The van der Waals surface area contributed by atoms with Crippen molar-refractivity contribution in [3.63, 3.8) is 0 Å². The van der Waals surface area contributed by atoms with E-state index in [0.717, 1.165) is 30.6 Å². The van der Waals surface area contributed by atoms with Gasteiger partial charge in [0.25, 0.3) is 0 Å². The van der Waals surface area contributed by atoms with Gasteiger partial charge in [0.15, 0.2) is 0 Å². The van der Waals surface area contributed by atoms with Gasteiger partial charge in [-0.25, -0.2) is 0 Å². The Morgan fingerprint density at radius 1 is 1.33 bits per heavy atom. The van der Waals surface area contributed by atoms with Crippen molar-refractivity contribution in [1.29, 1.82) is 0 Å². The topological polar surface area (TPSA) is 88.0 Å². The molecule has 24 heavy (non-hydrogen) atoms. The summed E-state index contributed by atoms with van der Waals surface area (Å²) >= 11 is 0. The third kappa shape index (κ3) is 2.92. The number of para-hydroxylation sites is 1. The van der Waals surface area contributed by atoms with Crippen LogP contribution in [-0.4, -0.2) is 47.8 Å². The van der Waals surface area contributed by atoms with Crippen LogP contribution >= 0.6 is 0 Å². The fourth-order valence-electron chi connectivity index (χ4n) is 4.19. The van der Waals surface area contributed by atoms with Gasteiger partial charge in [-0.1, -0.05) is 18.2 Å². The van der Waals surface area contributed by atoms with Crippen molar-refractivity contribution >= 4 is 13.0 Å². The van der Waals surface area contributed by atoms with Gasteiger partial charge in [0.05, 0.1) is 30.7 Å². The van der Waals surface area contributed by atoms with Gasteiger partial charge in [0.1, 0.15) is 5.75 Å². The molecule has 0 aliphatic carbocycles. The van der Waals surface area contributed by atoms with E-state index in [1.807, 2.05) is 24.3 Å². The predicted molar refractivity (Wildman–Crippen MR) is 87.4 cm³/mol. The summed E-state index contributed by atoms with van der Waals surface area (Å²) in [7, 11) is -1.60. The second-order valence-corrected chi connectivity index (χ2v) is 7.03. The number of nitrogens with one attached hydrogen (secondary N) is 1. The zero-order valence-electron chi connectivity index (χ0n) is 13.4. The van der Waals surface area contributed by atoms with Crippen molar-refractivity contribution < 1.29 is 24.3 Å². The lowest BCUT2D eigenvalue weighted by atomic mass is 9.73. The van der Waals surface area contributed by atoms with E-state index >= 15 is 0 Å². The average molecular weight is 331 g/mol. The SMILES string of the molecule is O=C(NC(C[C@H]1COc2ccccc21)B(O)O)[C@@H]1C[C@@H]2CC[C@H]1O2. The quantitative estimate of drug-likeness (QED) is 0.689. The van der Waals surface area contributed by atoms with Crippen LogP contribution in [-0.2, 0) is 9.53 Å². The summed E-state index contributed by atoms with van der Waals surface area (Å²) in [5, 5.41) is 22.3. The number of hydrogen-bond donors (Lipinski definition) is 3. The Bertz CT molecular complexity index is 625. The highest BCUT2D eigenvalue weighted by molar-refractivity contribution is 6.43. The Hall–Kier alpha value is -1.57. The van der Waals surface area contributed by atoms with E-state index in [1.54, 1.807) is 0 Å². The molecule has 1 aromatic rings. The van der Waals surface area contributed by atoms with Gasteiger partial charge in [-0.2, -0.15) is 0 Å². The first-order valence-electron chi connectivity index (χ1n) is 8.65. The van der Waals surface area contributed by atoms with Crippen LogP contribution in [0.3, 0.4) is 0 Å². The van der Waals surface area contributed by atoms with Crippen molar-refractivity contribution in [3.8, 4) is 5.75 Å². The molecule has 0 aromatic heterocycles. The Kier molecular flexibility index (Phi) is 4.24. The van der Waals surface area contributed by atoms with Crippen molar-refractivity contribution in [1.82, 2.24) is 5.32 Å². The van der Waals surface area contributed by atoms with Crippen LogP contribution in [0.5, 0.6) is 5.75 Å². The second kappa shape index (κ2) is 6.39. The molecule has 128 valence electrons. The summed E-state index contributed by atoms with van der Waals surface area (Å²) < 4.78 is 11.4. The van der Waals surface area contributed by atoms with E-state index < -0.39 is 13.1 Å². The van der Waals surface area contributed by atoms with Crippen molar-refractivity contribution in [2.75, 3.05) is 6.61 Å². The predicted octanol–water partition coefficient (Wildman–Crippen LogP) is 0.617. The molecule has 3 aliphatic heterocycles. The molecule has 1 unspecified atom stereocenters. The van der Waals surface area contributed by atoms with Gasteiger partial charge in [0.2, 0.25) is 5.91 Å². The Labute approximate surface area is 141 Å². The summed E-state index contributed by atoms with van der Waals surface area (Å²) in [4.78, 5) is 12.5. The number of benzene rings is 1. The molecule has 1 aromatic carbocycles. The van der Waals surface area contributed by atoms with Crippen LogP contribution in [0, 0.1) is 5.92 Å².